The molecule has 0 bridgehead atoms. The van der Waals surface area contributed by atoms with E-state index in [0.29, 0.717) is 18.0 Å². The summed E-state index contributed by atoms with van der Waals surface area (Å²) in [6.07, 6.45) is 0.327. The largest absolute Gasteiger partial charge is 0.352 e. The molecule has 3 N–H and O–H groups in total. The van der Waals surface area contributed by atoms with Gasteiger partial charge in [-0.15, -0.1) is 0 Å². The molecule has 0 radical (unpaired) electrons. The molecule has 0 heterocycles. The number of carbonyl (C=O) groups is 1. The molecule has 0 fully saturated rings. The van der Waals surface area contributed by atoms with Crippen molar-refractivity contribution in [2.75, 3.05) is 0 Å². The van der Waals surface area contributed by atoms with Crippen LogP contribution >= 0.6 is 11.6 Å². The summed E-state index contributed by atoms with van der Waals surface area (Å²) in [5.74, 6) is -0.0441. The van der Waals surface area contributed by atoms with E-state index in [0.717, 1.165) is 5.56 Å². The highest BCUT2D eigenvalue weighted by molar-refractivity contribution is 6.31. The third-order valence-corrected chi connectivity index (χ3v) is 3.32. The molecule has 3 nitrogen and oxygen atoms in total. The van der Waals surface area contributed by atoms with Crippen molar-refractivity contribution in [2.45, 2.75) is 39.8 Å². The second-order valence-corrected chi connectivity index (χ2v) is 5.95. The van der Waals surface area contributed by atoms with E-state index in [9.17, 15) is 4.79 Å². The van der Waals surface area contributed by atoms with Gasteiger partial charge in [-0.1, -0.05) is 50.6 Å². The maximum Gasteiger partial charge on any atom is 0.221 e. The predicted molar refractivity (Wildman–Crippen MR) is 75.3 cm³/mol. The average molecular weight is 269 g/mol. The Bertz CT molecular complexity index is 413. The van der Waals surface area contributed by atoms with Gasteiger partial charge in [0.1, 0.15) is 0 Å². The van der Waals surface area contributed by atoms with Crippen molar-refractivity contribution in [1.82, 2.24) is 5.32 Å². The summed E-state index contributed by atoms with van der Waals surface area (Å²) in [5, 5.41) is 3.50. The van der Waals surface area contributed by atoms with Crippen molar-refractivity contribution in [2.24, 2.45) is 11.1 Å². The standard InChI is InChI=1S/C14H21ClN2O/c1-14(2,3)12(16)8-13(18)17-9-10-6-4-5-7-11(10)15/h4-7,12H,8-9,16H2,1-3H3,(H,17,18). The summed E-state index contributed by atoms with van der Waals surface area (Å²) >= 11 is 6.01. The van der Waals surface area contributed by atoms with Crippen molar-refractivity contribution >= 4 is 17.5 Å². The van der Waals surface area contributed by atoms with Crippen molar-refractivity contribution in [3.05, 3.63) is 34.9 Å². The van der Waals surface area contributed by atoms with Crippen molar-refractivity contribution in [1.29, 1.82) is 0 Å². The van der Waals surface area contributed by atoms with E-state index in [1.165, 1.54) is 0 Å². The molecule has 100 valence electrons. The highest BCUT2D eigenvalue weighted by atomic mass is 35.5. The molecule has 1 aromatic carbocycles. The zero-order chi connectivity index (χ0) is 13.8. The zero-order valence-corrected chi connectivity index (χ0v) is 11.9. The fraction of sp³-hybridized carbons (Fsp3) is 0.500. The van der Waals surface area contributed by atoms with Gasteiger partial charge in [-0.25, -0.2) is 0 Å². The van der Waals surface area contributed by atoms with Gasteiger partial charge in [0.25, 0.3) is 0 Å². The molecule has 1 amide bonds. The van der Waals surface area contributed by atoms with E-state index in [1.807, 2.05) is 45.0 Å². The zero-order valence-electron chi connectivity index (χ0n) is 11.2. The highest BCUT2D eigenvalue weighted by Crippen LogP contribution is 2.19. The summed E-state index contributed by atoms with van der Waals surface area (Å²) in [6, 6.07) is 7.32. The van der Waals surface area contributed by atoms with E-state index >= 15 is 0 Å². The first kappa shape index (κ1) is 15.0. The summed E-state index contributed by atoms with van der Waals surface area (Å²) in [4.78, 5) is 11.8. The minimum Gasteiger partial charge on any atom is -0.352 e. The minimum atomic E-state index is -0.149. The summed E-state index contributed by atoms with van der Waals surface area (Å²) < 4.78 is 0. The normalized spacial score (nSPS) is 13.2. The van der Waals surface area contributed by atoms with Gasteiger partial charge in [0.2, 0.25) is 5.91 Å². The number of halogens is 1. The highest BCUT2D eigenvalue weighted by Gasteiger charge is 2.22. The van der Waals surface area contributed by atoms with Crippen LogP contribution in [0.3, 0.4) is 0 Å². The van der Waals surface area contributed by atoms with Gasteiger partial charge in [0.05, 0.1) is 0 Å². The van der Waals surface area contributed by atoms with Gasteiger partial charge >= 0.3 is 0 Å². The molecule has 4 heteroatoms. The molecular formula is C14H21ClN2O. The van der Waals surface area contributed by atoms with E-state index < -0.39 is 0 Å². The molecule has 0 aromatic heterocycles. The molecule has 1 unspecified atom stereocenters. The van der Waals surface area contributed by atoms with Crippen LogP contribution in [0.15, 0.2) is 24.3 Å². The van der Waals surface area contributed by atoms with Crippen molar-refractivity contribution < 1.29 is 4.79 Å². The SMILES string of the molecule is CC(C)(C)C(N)CC(=O)NCc1ccccc1Cl. The quantitative estimate of drug-likeness (QED) is 0.882. The molecule has 0 aliphatic carbocycles. The van der Waals surface area contributed by atoms with Gasteiger partial charge in [-0.05, 0) is 17.0 Å². The number of carbonyl (C=O) groups excluding carboxylic acids is 1. The number of nitrogens with one attached hydrogen (secondary N) is 1. The van der Waals surface area contributed by atoms with Crippen molar-refractivity contribution in [3.8, 4) is 0 Å². The monoisotopic (exact) mass is 268 g/mol. The maximum atomic E-state index is 11.8. The number of amides is 1. The third-order valence-electron chi connectivity index (χ3n) is 2.95. The molecule has 18 heavy (non-hydrogen) atoms. The summed E-state index contributed by atoms with van der Waals surface area (Å²) in [7, 11) is 0. The molecule has 1 aromatic rings. The maximum absolute atomic E-state index is 11.8. The number of hydrogen-bond acceptors (Lipinski definition) is 2. The van der Waals surface area contributed by atoms with Gasteiger partial charge in [-0.2, -0.15) is 0 Å². The van der Waals surface area contributed by atoms with E-state index in [4.69, 9.17) is 17.3 Å². The smallest absolute Gasteiger partial charge is 0.221 e. The fourth-order valence-corrected chi connectivity index (χ4v) is 1.62. The van der Waals surface area contributed by atoms with Crippen LogP contribution in [0, 0.1) is 5.41 Å². The van der Waals surface area contributed by atoms with Gasteiger partial charge in [0.15, 0.2) is 0 Å². The number of benzene rings is 1. The Morgan fingerprint density at radius 2 is 2.00 bits per heavy atom. The van der Waals surface area contributed by atoms with Crippen LogP contribution in [0.4, 0.5) is 0 Å². The topological polar surface area (TPSA) is 55.1 Å². The van der Waals surface area contributed by atoms with E-state index in [1.54, 1.807) is 0 Å². The average Bonchev–Trinajstić information content (AvgIpc) is 2.26. The second kappa shape index (κ2) is 6.21. The number of hydrogen-bond donors (Lipinski definition) is 2. The van der Waals surface area contributed by atoms with Crippen LogP contribution in [0.25, 0.3) is 0 Å². The van der Waals surface area contributed by atoms with Crippen molar-refractivity contribution in [3.63, 3.8) is 0 Å². The van der Waals surface area contributed by atoms with Crippen LogP contribution < -0.4 is 11.1 Å². The predicted octanol–water partition coefficient (Wildman–Crippen LogP) is 2.72. The Morgan fingerprint density at radius 3 is 2.56 bits per heavy atom. The lowest BCUT2D eigenvalue weighted by Crippen LogP contribution is -2.40. The van der Waals surface area contributed by atoms with Crippen LogP contribution in [-0.2, 0) is 11.3 Å². The van der Waals surface area contributed by atoms with E-state index in [2.05, 4.69) is 5.32 Å². The lowest BCUT2D eigenvalue weighted by atomic mass is 9.85. The lowest BCUT2D eigenvalue weighted by molar-refractivity contribution is -0.122. The minimum absolute atomic E-state index is 0.0441. The van der Waals surface area contributed by atoms with E-state index in [-0.39, 0.29) is 17.4 Å². The second-order valence-electron chi connectivity index (χ2n) is 5.54. The Balaban J connectivity index is 2.45. The third kappa shape index (κ3) is 4.67. The Kier molecular flexibility index (Phi) is 5.17. The molecular weight excluding hydrogens is 248 g/mol. The molecule has 0 saturated heterocycles. The molecule has 1 rings (SSSR count). The van der Waals surface area contributed by atoms with Crippen LogP contribution in [0.5, 0.6) is 0 Å². The molecule has 0 aliphatic rings. The molecule has 0 aliphatic heterocycles. The summed E-state index contributed by atoms with van der Waals surface area (Å²) in [6.45, 7) is 6.52. The number of nitrogens with two attached hydrogens (primary N) is 1. The fourth-order valence-electron chi connectivity index (χ4n) is 1.41. The van der Waals surface area contributed by atoms with Gasteiger partial charge < -0.3 is 11.1 Å². The first-order valence-electron chi connectivity index (χ1n) is 6.06. The molecule has 0 spiro atoms. The van der Waals surface area contributed by atoms with Gasteiger partial charge in [0, 0.05) is 24.0 Å². The van der Waals surface area contributed by atoms with Crippen LogP contribution in [0.1, 0.15) is 32.8 Å². The first-order valence-corrected chi connectivity index (χ1v) is 6.44. The lowest BCUT2D eigenvalue weighted by Gasteiger charge is -2.26. The molecule has 0 saturated carbocycles. The Morgan fingerprint density at radius 1 is 1.39 bits per heavy atom. The first-order chi connectivity index (χ1) is 8.30. The molecule has 1 atom stereocenters. The Hall–Kier alpha value is -1.06. The van der Waals surface area contributed by atoms with Crippen LogP contribution in [0.2, 0.25) is 5.02 Å². The summed E-state index contributed by atoms with van der Waals surface area (Å²) in [5.41, 5.74) is 6.81. The number of rotatable bonds is 4. The van der Waals surface area contributed by atoms with Gasteiger partial charge in [-0.3, -0.25) is 4.79 Å². The van der Waals surface area contributed by atoms with Crippen LogP contribution in [-0.4, -0.2) is 11.9 Å². The Labute approximate surface area is 114 Å².